The summed E-state index contributed by atoms with van der Waals surface area (Å²) in [5.41, 5.74) is 7.60. The average molecular weight is 248 g/mol. The van der Waals surface area contributed by atoms with Crippen molar-refractivity contribution in [2.45, 2.75) is 32.2 Å². The van der Waals surface area contributed by atoms with Gasteiger partial charge in [-0.2, -0.15) is 0 Å². The Bertz CT molecular complexity index is 447. The van der Waals surface area contributed by atoms with Gasteiger partial charge in [0, 0.05) is 31.5 Å². The third-order valence-corrected chi connectivity index (χ3v) is 3.48. The summed E-state index contributed by atoms with van der Waals surface area (Å²) < 4.78 is 0. The summed E-state index contributed by atoms with van der Waals surface area (Å²) in [4.78, 5) is 18.3. The minimum absolute atomic E-state index is 0.0515. The Morgan fingerprint density at radius 3 is 3.00 bits per heavy atom. The number of rotatable bonds is 2. The molecule has 2 heterocycles. The lowest BCUT2D eigenvalue weighted by molar-refractivity contribution is -0.122. The fourth-order valence-corrected chi connectivity index (χ4v) is 2.33. The molecule has 2 rings (SSSR count). The molecule has 1 aliphatic rings. The summed E-state index contributed by atoms with van der Waals surface area (Å²) in [6.45, 7) is 2.78. The van der Waals surface area contributed by atoms with E-state index in [9.17, 15) is 4.79 Å². The van der Waals surface area contributed by atoms with E-state index in [4.69, 9.17) is 5.73 Å². The smallest absolute Gasteiger partial charge is 0.242 e. The highest BCUT2D eigenvalue weighted by atomic mass is 16.2. The van der Waals surface area contributed by atoms with E-state index in [1.807, 2.05) is 13.0 Å². The average Bonchev–Trinajstić information content (AvgIpc) is 2.41. The largest absolute Gasteiger partial charge is 0.398 e. The summed E-state index contributed by atoms with van der Waals surface area (Å²) in [7, 11) is 1.67. The number of hydrogen-bond donors (Lipinski definition) is 2. The van der Waals surface area contributed by atoms with Gasteiger partial charge in [-0.3, -0.25) is 4.79 Å². The maximum atomic E-state index is 11.9. The van der Waals surface area contributed by atoms with Crippen LogP contribution < -0.4 is 16.0 Å². The summed E-state index contributed by atoms with van der Waals surface area (Å²) in [6, 6.07) is 1.73. The van der Waals surface area contributed by atoms with Crippen molar-refractivity contribution in [3.05, 3.63) is 17.8 Å². The van der Waals surface area contributed by atoms with Crippen molar-refractivity contribution in [3.63, 3.8) is 0 Å². The van der Waals surface area contributed by atoms with Crippen LogP contribution in [0.4, 0.5) is 11.5 Å². The number of aromatic nitrogens is 1. The van der Waals surface area contributed by atoms with Crippen LogP contribution >= 0.6 is 0 Å². The molecule has 0 bridgehead atoms. The van der Waals surface area contributed by atoms with Gasteiger partial charge < -0.3 is 16.0 Å². The monoisotopic (exact) mass is 248 g/mol. The van der Waals surface area contributed by atoms with E-state index in [0.717, 1.165) is 42.9 Å². The molecule has 5 nitrogen and oxygen atoms in total. The number of amides is 1. The maximum absolute atomic E-state index is 11.9. The van der Waals surface area contributed by atoms with E-state index in [1.165, 1.54) is 0 Å². The maximum Gasteiger partial charge on any atom is 0.242 e. The van der Waals surface area contributed by atoms with E-state index in [1.54, 1.807) is 13.2 Å². The Labute approximate surface area is 107 Å². The van der Waals surface area contributed by atoms with Gasteiger partial charge in [-0.05, 0) is 31.7 Å². The molecule has 1 saturated heterocycles. The van der Waals surface area contributed by atoms with Crippen LogP contribution in [-0.4, -0.2) is 30.5 Å². The second-order valence-corrected chi connectivity index (χ2v) is 4.72. The van der Waals surface area contributed by atoms with E-state index < -0.39 is 0 Å². The number of nitrogens with zero attached hydrogens (tertiary/aromatic N) is 2. The molecule has 1 atom stereocenters. The van der Waals surface area contributed by atoms with Crippen molar-refractivity contribution in [1.29, 1.82) is 0 Å². The second kappa shape index (κ2) is 5.25. The number of anilines is 2. The van der Waals surface area contributed by atoms with Gasteiger partial charge in [0.05, 0.1) is 0 Å². The topological polar surface area (TPSA) is 71.2 Å². The SMILES string of the molecule is CNC(=O)C1CCCCN1c1cc(N)c(C)cn1. The molecule has 0 saturated carbocycles. The predicted octanol–water partition coefficient (Wildman–Crippen LogP) is 1.08. The van der Waals surface area contributed by atoms with Crippen molar-refractivity contribution in [2.24, 2.45) is 0 Å². The van der Waals surface area contributed by atoms with Crippen LogP contribution in [0.3, 0.4) is 0 Å². The zero-order valence-corrected chi connectivity index (χ0v) is 10.9. The molecule has 98 valence electrons. The predicted molar refractivity (Wildman–Crippen MR) is 72.4 cm³/mol. The Kier molecular flexibility index (Phi) is 3.69. The molecule has 1 fully saturated rings. The van der Waals surface area contributed by atoms with Crippen molar-refractivity contribution >= 4 is 17.4 Å². The van der Waals surface area contributed by atoms with Crippen LogP contribution in [0.5, 0.6) is 0 Å². The highest BCUT2D eigenvalue weighted by Crippen LogP contribution is 2.25. The summed E-state index contributed by atoms with van der Waals surface area (Å²) in [6.07, 6.45) is 4.80. The van der Waals surface area contributed by atoms with Crippen molar-refractivity contribution in [1.82, 2.24) is 10.3 Å². The third-order valence-electron chi connectivity index (χ3n) is 3.48. The third kappa shape index (κ3) is 2.39. The molecule has 1 unspecified atom stereocenters. The molecule has 1 aromatic heterocycles. The molecule has 1 aromatic rings. The van der Waals surface area contributed by atoms with Crippen LogP contribution in [-0.2, 0) is 4.79 Å². The zero-order valence-electron chi connectivity index (χ0n) is 10.9. The van der Waals surface area contributed by atoms with Gasteiger partial charge in [-0.15, -0.1) is 0 Å². The van der Waals surface area contributed by atoms with Crippen molar-refractivity contribution in [3.8, 4) is 0 Å². The molecule has 0 aromatic carbocycles. The highest BCUT2D eigenvalue weighted by Gasteiger charge is 2.28. The fraction of sp³-hybridized carbons (Fsp3) is 0.538. The van der Waals surface area contributed by atoms with E-state index in [-0.39, 0.29) is 11.9 Å². The number of nitrogen functional groups attached to an aromatic ring is 1. The van der Waals surface area contributed by atoms with E-state index >= 15 is 0 Å². The summed E-state index contributed by atoms with van der Waals surface area (Å²) >= 11 is 0. The van der Waals surface area contributed by atoms with Crippen molar-refractivity contribution < 1.29 is 4.79 Å². The molecule has 0 radical (unpaired) electrons. The first kappa shape index (κ1) is 12.7. The van der Waals surface area contributed by atoms with Crippen LogP contribution in [0, 0.1) is 6.92 Å². The molecule has 5 heteroatoms. The highest BCUT2D eigenvalue weighted by molar-refractivity contribution is 5.85. The molecule has 18 heavy (non-hydrogen) atoms. The number of piperidine rings is 1. The fourth-order valence-electron chi connectivity index (χ4n) is 2.33. The van der Waals surface area contributed by atoms with Crippen molar-refractivity contribution in [2.75, 3.05) is 24.2 Å². The van der Waals surface area contributed by atoms with E-state index in [2.05, 4.69) is 15.2 Å². The van der Waals surface area contributed by atoms with Crippen LogP contribution in [0.1, 0.15) is 24.8 Å². The lowest BCUT2D eigenvalue weighted by atomic mass is 10.0. The Morgan fingerprint density at radius 1 is 1.56 bits per heavy atom. The van der Waals surface area contributed by atoms with Gasteiger partial charge >= 0.3 is 0 Å². The number of pyridine rings is 1. The molecule has 1 aliphatic heterocycles. The Balaban J connectivity index is 2.27. The molecular weight excluding hydrogens is 228 g/mol. The van der Waals surface area contributed by atoms with E-state index in [0.29, 0.717) is 0 Å². The molecule has 0 aliphatic carbocycles. The Hall–Kier alpha value is -1.78. The Morgan fingerprint density at radius 2 is 2.33 bits per heavy atom. The summed E-state index contributed by atoms with van der Waals surface area (Å²) in [5, 5.41) is 2.72. The first-order valence-corrected chi connectivity index (χ1v) is 6.34. The first-order valence-electron chi connectivity index (χ1n) is 6.34. The number of hydrogen-bond acceptors (Lipinski definition) is 4. The molecule has 1 amide bonds. The number of carbonyl (C=O) groups excluding carboxylic acids is 1. The normalized spacial score (nSPS) is 19.7. The van der Waals surface area contributed by atoms with Gasteiger partial charge in [0.15, 0.2) is 0 Å². The van der Waals surface area contributed by atoms with Crippen LogP contribution in [0.25, 0.3) is 0 Å². The van der Waals surface area contributed by atoms with Gasteiger partial charge in [0.25, 0.3) is 0 Å². The molecule has 0 spiro atoms. The molecular formula is C13H20N4O. The van der Waals surface area contributed by atoms with Crippen LogP contribution in [0.2, 0.25) is 0 Å². The minimum Gasteiger partial charge on any atom is -0.398 e. The number of nitrogens with one attached hydrogen (secondary N) is 1. The number of likely N-dealkylation sites (N-methyl/N-ethyl adjacent to an activating group) is 1. The van der Waals surface area contributed by atoms with Gasteiger partial charge in [-0.25, -0.2) is 4.98 Å². The standard InChI is InChI=1S/C13H20N4O/c1-9-8-16-12(7-10(9)14)17-6-4-3-5-11(17)13(18)15-2/h7-8,11H,3-6H2,1-2H3,(H2,14,16)(H,15,18). The van der Waals surface area contributed by atoms with Gasteiger partial charge in [-0.1, -0.05) is 0 Å². The lowest BCUT2D eigenvalue weighted by Crippen LogP contribution is -2.49. The second-order valence-electron chi connectivity index (χ2n) is 4.72. The minimum atomic E-state index is -0.127. The summed E-state index contributed by atoms with van der Waals surface area (Å²) in [5.74, 6) is 0.849. The number of carbonyl (C=O) groups is 1. The number of nitrogens with two attached hydrogens (primary N) is 1. The van der Waals surface area contributed by atoms with Gasteiger partial charge in [0.1, 0.15) is 11.9 Å². The quantitative estimate of drug-likeness (QED) is 0.821. The molecule has 3 N–H and O–H groups in total. The van der Waals surface area contributed by atoms with Crippen LogP contribution in [0.15, 0.2) is 12.3 Å². The number of aryl methyl sites for hydroxylation is 1. The zero-order chi connectivity index (χ0) is 13.1. The first-order chi connectivity index (χ1) is 8.63. The van der Waals surface area contributed by atoms with Gasteiger partial charge in [0.2, 0.25) is 5.91 Å². The lowest BCUT2D eigenvalue weighted by Gasteiger charge is -2.35.